The minimum atomic E-state index is 0.491. The third kappa shape index (κ3) is 2.79. The molecule has 0 fully saturated rings. The zero-order valence-electron chi connectivity index (χ0n) is 7.42. The summed E-state index contributed by atoms with van der Waals surface area (Å²) in [5.74, 6) is 1.32. The topological polar surface area (TPSA) is 44.5 Å². The minimum Gasteiger partial charge on any atom is -0.495 e. The van der Waals surface area contributed by atoms with Crippen LogP contribution in [-0.2, 0) is 0 Å². The lowest BCUT2D eigenvalue weighted by Gasteiger charge is -2.07. The summed E-state index contributed by atoms with van der Waals surface area (Å²) >= 11 is 5.83. The highest BCUT2D eigenvalue weighted by Crippen LogP contribution is 2.28. The summed E-state index contributed by atoms with van der Waals surface area (Å²) in [5.41, 5.74) is 5.29. The Morgan fingerprint density at radius 1 is 1.46 bits per heavy atom. The Bertz CT molecular complexity index is 278. The lowest BCUT2D eigenvalue weighted by molar-refractivity contribution is 0.325. The van der Waals surface area contributed by atoms with Gasteiger partial charge in [0.25, 0.3) is 0 Å². The molecule has 1 aromatic rings. The van der Waals surface area contributed by atoms with E-state index in [1.165, 1.54) is 0 Å². The SMILES string of the molecule is COc1cc(OCCN)ccc1Cl. The monoisotopic (exact) mass is 201 g/mol. The van der Waals surface area contributed by atoms with Crippen molar-refractivity contribution in [2.24, 2.45) is 5.73 Å². The molecule has 0 bridgehead atoms. The number of hydrogen-bond acceptors (Lipinski definition) is 3. The molecular formula is C9H12ClNO2. The summed E-state index contributed by atoms with van der Waals surface area (Å²) in [6.07, 6.45) is 0. The zero-order valence-corrected chi connectivity index (χ0v) is 8.17. The quantitative estimate of drug-likeness (QED) is 0.806. The van der Waals surface area contributed by atoms with Crippen molar-refractivity contribution in [3.8, 4) is 11.5 Å². The lowest BCUT2D eigenvalue weighted by atomic mass is 10.3. The van der Waals surface area contributed by atoms with Gasteiger partial charge in [0.05, 0.1) is 12.1 Å². The third-order valence-electron chi connectivity index (χ3n) is 1.51. The fourth-order valence-electron chi connectivity index (χ4n) is 0.907. The number of halogens is 1. The Balaban J connectivity index is 2.74. The molecule has 2 N–H and O–H groups in total. The van der Waals surface area contributed by atoms with Crippen molar-refractivity contribution >= 4 is 11.6 Å². The predicted molar refractivity (Wildman–Crippen MR) is 52.6 cm³/mol. The standard InChI is InChI=1S/C9H12ClNO2/c1-12-9-6-7(13-5-4-11)2-3-8(9)10/h2-3,6H,4-5,11H2,1H3. The van der Waals surface area contributed by atoms with Crippen molar-refractivity contribution in [3.63, 3.8) is 0 Å². The van der Waals surface area contributed by atoms with Crippen LogP contribution in [-0.4, -0.2) is 20.3 Å². The van der Waals surface area contributed by atoms with Crippen molar-refractivity contribution in [3.05, 3.63) is 23.2 Å². The molecule has 0 amide bonds. The van der Waals surface area contributed by atoms with Crippen molar-refractivity contribution < 1.29 is 9.47 Å². The van der Waals surface area contributed by atoms with E-state index in [9.17, 15) is 0 Å². The number of ether oxygens (including phenoxy) is 2. The lowest BCUT2D eigenvalue weighted by Crippen LogP contribution is -2.10. The van der Waals surface area contributed by atoms with Crippen LogP contribution >= 0.6 is 11.6 Å². The van der Waals surface area contributed by atoms with E-state index in [0.29, 0.717) is 29.7 Å². The number of rotatable bonds is 4. The van der Waals surface area contributed by atoms with Crippen molar-refractivity contribution in [1.29, 1.82) is 0 Å². The molecule has 13 heavy (non-hydrogen) atoms. The summed E-state index contributed by atoms with van der Waals surface area (Å²) < 4.78 is 10.3. The van der Waals surface area contributed by atoms with Gasteiger partial charge in [-0.15, -0.1) is 0 Å². The molecule has 0 radical (unpaired) electrons. The zero-order chi connectivity index (χ0) is 9.68. The second-order valence-electron chi connectivity index (χ2n) is 2.43. The fourth-order valence-corrected chi connectivity index (χ4v) is 1.10. The van der Waals surface area contributed by atoms with E-state index >= 15 is 0 Å². The summed E-state index contributed by atoms with van der Waals surface area (Å²) in [6, 6.07) is 5.24. The fraction of sp³-hybridized carbons (Fsp3) is 0.333. The van der Waals surface area contributed by atoms with E-state index < -0.39 is 0 Å². The van der Waals surface area contributed by atoms with E-state index in [1.54, 1.807) is 25.3 Å². The number of methoxy groups -OCH3 is 1. The minimum absolute atomic E-state index is 0.491. The normalized spacial score (nSPS) is 9.77. The number of benzene rings is 1. The molecule has 1 aromatic carbocycles. The van der Waals surface area contributed by atoms with Gasteiger partial charge < -0.3 is 15.2 Å². The summed E-state index contributed by atoms with van der Waals surface area (Å²) in [5, 5.41) is 0.572. The Labute approximate surface area is 82.4 Å². The molecule has 72 valence electrons. The highest BCUT2D eigenvalue weighted by atomic mass is 35.5. The molecule has 0 aliphatic rings. The van der Waals surface area contributed by atoms with Crippen LogP contribution in [0.15, 0.2) is 18.2 Å². The summed E-state index contributed by atoms with van der Waals surface area (Å²) in [4.78, 5) is 0. The van der Waals surface area contributed by atoms with Gasteiger partial charge in [0.1, 0.15) is 18.1 Å². The van der Waals surface area contributed by atoms with Gasteiger partial charge >= 0.3 is 0 Å². The van der Waals surface area contributed by atoms with Crippen molar-refractivity contribution in [2.45, 2.75) is 0 Å². The second kappa shape index (κ2) is 4.94. The molecule has 0 aromatic heterocycles. The van der Waals surface area contributed by atoms with Gasteiger partial charge in [0, 0.05) is 12.6 Å². The van der Waals surface area contributed by atoms with Gasteiger partial charge in [0.15, 0.2) is 0 Å². The molecule has 0 aliphatic heterocycles. The van der Waals surface area contributed by atoms with E-state index in [-0.39, 0.29) is 0 Å². The smallest absolute Gasteiger partial charge is 0.141 e. The van der Waals surface area contributed by atoms with E-state index in [4.69, 9.17) is 26.8 Å². The molecule has 0 saturated carbocycles. The summed E-state index contributed by atoms with van der Waals surface area (Å²) in [7, 11) is 1.56. The molecule has 4 heteroatoms. The van der Waals surface area contributed by atoms with Crippen LogP contribution < -0.4 is 15.2 Å². The maximum Gasteiger partial charge on any atom is 0.141 e. The van der Waals surface area contributed by atoms with Crippen LogP contribution in [0.5, 0.6) is 11.5 Å². The molecule has 0 heterocycles. The van der Waals surface area contributed by atoms with Gasteiger partial charge in [-0.1, -0.05) is 11.6 Å². The predicted octanol–water partition coefficient (Wildman–Crippen LogP) is 1.69. The first kappa shape index (κ1) is 10.2. The average Bonchev–Trinajstić information content (AvgIpc) is 2.16. The van der Waals surface area contributed by atoms with Gasteiger partial charge in [0.2, 0.25) is 0 Å². The van der Waals surface area contributed by atoms with E-state index in [2.05, 4.69) is 0 Å². The van der Waals surface area contributed by atoms with Crippen LogP contribution in [0.25, 0.3) is 0 Å². The van der Waals surface area contributed by atoms with Crippen LogP contribution in [0.3, 0.4) is 0 Å². The highest BCUT2D eigenvalue weighted by Gasteiger charge is 2.01. The van der Waals surface area contributed by atoms with Crippen LogP contribution in [0.1, 0.15) is 0 Å². The van der Waals surface area contributed by atoms with Crippen LogP contribution in [0.2, 0.25) is 5.02 Å². The Hall–Kier alpha value is -0.930. The van der Waals surface area contributed by atoms with Gasteiger partial charge in [-0.3, -0.25) is 0 Å². The molecule has 0 unspecified atom stereocenters. The van der Waals surface area contributed by atoms with Crippen LogP contribution in [0.4, 0.5) is 0 Å². The molecule has 3 nitrogen and oxygen atoms in total. The Kier molecular flexibility index (Phi) is 3.86. The average molecular weight is 202 g/mol. The number of nitrogens with two attached hydrogens (primary N) is 1. The van der Waals surface area contributed by atoms with Gasteiger partial charge in [-0.05, 0) is 12.1 Å². The van der Waals surface area contributed by atoms with Gasteiger partial charge in [-0.25, -0.2) is 0 Å². The molecule has 1 rings (SSSR count). The third-order valence-corrected chi connectivity index (χ3v) is 1.82. The van der Waals surface area contributed by atoms with Crippen molar-refractivity contribution in [2.75, 3.05) is 20.3 Å². The van der Waals surface area contributed by atoms with E-state index in [0.717, 1.165) is 0 Å². The first-order valence-electron chi connectivity index (χ1n) is 3.94. The summed E-state index contributed by atoms with van der Waals surface area (Å²) in [6.45, 7) is 0.982. The largest absolute Gasteiger partial charge is 0.495 e. The van der Waals surface area contributed by atoms with Gasteiger partial charge in [-0.2, -0.15) is 0 Å². The highest BCUT2D eigenvalue weighted by molar-refractivity contribution is 6.32. The molecular weight excluding hydrogens is 190 g/mol. The molecule has 0 saturated heterocycles. The maximum atomic E-state index is 5.83. The molecule has 0 aliphatic carbocycles. The first-order valence-corrected chi connectivity index (χ1v) is 4.32. The molecule has 0 spiro atoms. The Morgan fingerprint density at radius 3 is 2.85 bits per heavy atom. The second-order valence-corrected chi connectivity index (χ2v) is 2.84. The number of hydrogen-bond donors (Lipinski definition) is 1. The molecule has 0 atom stereocenters. The van der Waals surface area contributed by atoms with Crippen LogP contribution in [0, 0.1) is 0 Å². The van der Waals surface area contributed by atoms with Crippen molar-refractivity contribution in [1.82, 2.24) is 0 Å². The maximum absolute atomic E-state index is 5.83. The Morgan fingerprint density at radius 2 is 2.23 bits per heavy atom. The first-order chi connectivity index (χ1) is 6.27. The van der Waals surface area contributed by atoms with E-state index in [1.807, 2.05) is 0 Å².